The van der Waals surface area contributed by atoms with Crippen molar-refractivity contribution in [3.05, 3.63) is 47.2 Å². The predicted molar refractivity (Wildman–Crippen MR) is 115 cm³/mol. The van der Waals surface area contributed by atoms with Gasteiger partial charge in [-0.1, -0.05) is 29.8 Å². The Balaban J connectivity index is 1.32. The van der Waals surface area contributed by atoms with E-state index in [0.29, 0.717) is 35.7 Å². The van der Waals surface area contributed by atoms with Crippen molar-refractivity contribution in [3.63, 3.8) is 0 Å². The summed E-state index contributed by atoms with van der Waals surface area (Å²) in [5.74, 6) is 0.672. The average Bonchev–Trinajstić information content (AvgIpc) is 3.46. The Morgan fingerprint density at radius 2 is 2.07 bits per heavy atom. The first-order valence-electron chi connectivity index (χ1n) is 9.49. The highest BCUT2D eigenvalue weighted by atomic mass is 32.1. The highest BCUT2D eigenvalue weighted by Gasteiger charge is 2.38. The molecular formula is C20H19N7O2S. The SMILES string of the molecule is Cc1ccc(-c2csc(NC(=O)Cn3cnc4c3C(=O)N(C)C3=NCCN34)n2)cc1. The normalized spacial score (nSPS) is 15.1. The molecule has 0 atom stereocenters. The zero-order valence-electron chi connectivity index (χ0n) is 16.5. The molecule has 9 nitrogen and oxygen atoms in total. The van der Waals surface area contributed by atoms with Gasteiger partial charge in [0, 0.05) is 24.5 Å². The summed E-state index contributed by atoms with van der Waals surface area (Å²) in [5.41, 5.74) is 3.39. The highest BCUT2D eigenvalue weighted by molar-refractivity contribution is 7.14. The number of fused-ring (bicyclic) bond motifs is 3. The third-order valence-corrected chi connectivity index (χ3v) is 5.87. The van der Waals surface area contributed by atoms with Crippen molar-refractivity contribution in [1.82, 2.24) is 19.4 Å². The van der Waals surface area contributed by atoms with Gasteiger partial charge in [0.15, 0.2) is 16.6 Å². The highest BCUT2D eigenvalue weighted by Crippen LogP contribution is 2.29. The van der Waals surface area contributed by atoms with Gasteiger partial charge in [-0.05, 0) is 6.92 Å². The first-order valence-corrected chi connectivity index (χ1v) is 10.4. The maximum atomic E-state index is 12.8. The van der Waals surface area contributed by atoms with Gasteiger partial charge in [-0.25, -0.2) is 9.97 Å². The van der Waals surface area contributed by atoms with E-state index in [1.54, 1.807) is 11.6 Å². The molecule has 30 heavy (non-hydrogen) atoms. The van der Waals surface area contributed by atoms with Crippen LogP contribution in [0.4, 0.5) is 10.9 Å². The van der Waals surface area contributed by atoms with Gasteiger partial charge in [0.25, 0.3) is 5.91 Å². The number of hydrogen-bond donors (Lipinski definition) is 1. The molecular weight excluding hydrogens is 402 g/mol. The lowest BCUT2D eigenvalue weighted by Crippen LogP contribution is -2.48. The Morgan fingerprint density at radius 3 is 2.87 bits per heavy atom. The number of nitrogens with zero attached hydrogens (tertiary/aromatic N) is 6. The number of aryl methyl sites for hydroxylation is 1. The van der Waals surface area contributed by atoms with E-state index < -0.39 is 0 Å². The molecule has 2 amide bonds. The number of thiazole rings is 1. The quantitative estimate of drug-likeness (QED) is 0.697. The van der Waals surface area contributed by atoms with Crippen molar-refractivity contribution in [2.45, 2.75) is 13.5 Å². The lowest BCUT2D eigenvalue weighted by atomic mass is 10.1. The van der Waals surface area contributed by atoms with Crippen LogP contribution in [0.5, 0.6) is 0 Å². The van der Waals surface area contributed by atoms with Crippen LogP contribution in [-0.2, 0) is 11.3 Å². The van der Waals surface area contributed by atoms with Gasteiger partial charge in [0.2, 0.25) is 11.9 Å². The number of benzene rings is 1. The summed E-state index contributed by atoms with van der Waals surface area (Å²) >= 11 is 1.36. The molecule has 2 aliphatic rings. The molecule has 0 bridgehead atoms. The first-order chi connectivity index (χ1) is 14.5. The molecule has 152 valence electrons. The van der Waals surface area contributed by atoms with Crippen molar-refractivity contribution in [2.75, 3.05) is 30.4 Å². The molecule has 5 rings (SSSR count). The summed E-state index contributed by atoms with van der Waals surface area (Å²) in [6, 6.07) is 8.07. The molecule has 0 aliphatic carbocycles. The van der Waals surface area contributed by atoms with Gasteiger partial charge in [-0.3, -0.25) is 24.4 Å². The molecule has 10 heteroatoms. The van der Waals surface area contributed by atoms with Crippen LogP contribution >= 0.6 is 11.3 Å². The Labute approximate surface area is 176 Å². The number of aliphatic imine (C=N–C) groups is 1. The number of rotatable bonds is 4. The second-order valence-corrected chi connectivity index (χ2v) is 8.05. The van der Waals surface area contributed by atoms with Gasteiger partial charge in [0.05, 0.1) is 18.6 Å². The molecule has 0 radical (unpaired) electrons. The first kappa shape index (κ1) is 18.5. The number of amides is 2. The van der Waals surface area contributed by atoms with E-state index >= 15 is 0 Å². The second-order valence-electron chi connectivity index (χ2n) is 7.19. The topological polar surface area (TPSA) is 95.7 Å². The summed E-state index contributed by atoms with van der Waals surface area (Å²) < 4.78 is 1.58. The Hall–Kier alpha value is -3.53. The summed E-state index contributed by atoms with van der Waals surface area (Å²) in [7, 11) is 1.68. The molecule has 0 unspecified atom stereocenters. The minimum atomic E-state index is -0.267. The Kier molecular flexibility index (Phi) is 4.35. The molecule has 0 saturated carbocycles. The summed E-state index contributed by atoms with van der Waals surface area (Å²) in [6.45, 7) is 3.30. The van der Waals surface area contributed by atoms with Crippen molar-refractivity contribution in [3.8, 4) is 11.3 Å². The molecule has 1 aromatic carbocycles. The Bertz CT molecular complexity index is 1180. The van der Waals surface area contributed by atoms with Crippen LogP contribution in [0.1, 0.15) is 16.1 Å². The standard InChI is InChI=1S/C20H19N7O2S/c1-12-3-5-13(6-4-12)14-10-30-19(23-14)24-15(28)9-26-11-22-17-16(26)18(29)25(2)20-21-7-8-27(17)20/h3-6,10-11H,7-9H2,1-2H3,(H,23,24,28). The summed E-state index contributed by atoms with van der Waals surface area (Å²) in [5, 5.41) is 5.24. The van der Waals surface area contributed by atoms with Crippen molar-refractivity contribution in [1.29, 1.82) is 0 Å². The maximum Gasteiger partial charge on any atom is 0.280 e. The van der Waals surface area contributed by atoms with E-state index in [4.69, 9.17) is 0 Å². The lowest BCUT2D eigenvalue weighted by Gasteiger charge is -2.30. The van der Waals surface area contributed by atoms with E-state index in [1.165, 1.54) is 28.1 Å². The molecule has 0 saturated heterocycles. The van der Waals surface area contributed by atoms with Gasteiger partial charge in [-0.15, -0.1) is 11.3 Å². The molecule has 2 aliphatic heterocycles. The van der Waals surface area contributed by atoms with Crippen LogP contribution in [-0.4, -0.2) is 57.3 Å². The van der Waals surface area contributed by atoms with Gasteiger partial charge >= 0.3 is 0 Å². The smallest absolute Gasteiger partial charge is 0.280 e. The number of guanidine groups is 1. The van der Waals surface area contributed by atoms with Crippen LogP contribution < -0.4 is 10.2 Å². The molecule has 3 aromatic rings. The number of imidazole rings is 1. The molecule has 1 N–H and O–H groups in total. The van der Waals surface area contributed by atoms with E-state index in [2.05, 4.69) is 20.3 Å². The number of nitrogens with one attached hydrogen (secondary N) is 1. The number of carbonyl (C=O) groups excluding carboxylic acids is 2. The minimum Gasteiger partial charge on any atom is -0.315 e. The number of hydrogen-bond acceptors (Lipinski definition) is 7. The molecule has 0 spiro atoms. The zero-order valence-corrected chi connectivity index (χ0v) is 17.3. The number of carbonyl (C=O) groups is 2. The lowest BCUT2D eigenvalue weighted by molar-refractivity contribution is -0.116. The zero-order chi connectivity index (χ0) is 20.8. The third-order valence-electron chi connectivity index (χ3n) is 5.11. The maximum absolute atomic E-state index is 12.8. The van der Waals surface area contributed by atoms with Gasteiger partial charge < -0.3 is 9.88 Å². The average molecular weight is 421 g/mol. The van der Waals surface area contributed by atoms with Crippen molar-refractivity contribution < 1.29 is 9.59 Å². The predicted octanol–water partition coefficient (Wildman–Crippen LogP) is 2.22. The van der Waals surface area contributed by atoms with E-state index in [-0.39, 0.29) is 18.4 Å². The van der Waals surface area contributed by atoms with Gasteiger partial charge in [0.1, 0.15) is 6.54 Å². The molecule has 0 fully saturated rings. The van der Waals surface area contributed by atoms with Crippen LogP contribution in [0.3, 0.4) is 0 Å². The number of anilines is 2. The fourth-order valence-electron chi connectivity index (χ4n) is 3.58. The van der Waals surface area contributed by atoms with E-state index in [9.17, 15) is 9.59 Å². The van der Waals surface area contributed by atoms with Crippen LogP contribution in [0.15, 0.2) is 41.0 Å². The van der Waals surface area contributed by atoms with E-state index in [1.807, 2.05) is 41.5 Å². The number of aromatic nitrogens is 3. The monoisotopic (exact) mass is 421 g/mol. The van der Waals surface area contributed by atoms with Crippen molar-refractivity contribution >= 4 is 40.1 Å². The molecule has 2 aromatic heterocycles. The second kappa shape index (κ2) is 7.06. The van der Waals surface area contributed by atoms with E-state index in [0.717, 1.165) is 11.3 Å². The largest absolute Gasteiger partial charge is 0.315 e. The molecule has 4 heterocycles. The van der Waals surface area contributed by atoms with Crippen LogP contribution in [0.25, 0.3) is 11.3 Å². The summed E-state index contributed by atoms with van der Waals surface area (Å²) in [6.07, 6.45) is 1.52. The Morgan fingerprint density at radius 1 is 1.27 bits per heavy atom. The van der Waals surface area contributed by atoms with Gasteiger partial charge in [-0.2, -0.15) is 0 Å². The van der Waals surface area contributed by atoms with Crippen molar-refractivity contribution in [2.24, 2.45) is 4.99 Å². The minimum absolute atomic E-state index is 0.0261. The van der Waals surface area contributed by atoms with Crippen LogP contribution in [0.2, 0.25) is 0 Å². The fraction of sp³-hybridized carbons (Fsp3) is 0.250. The third kappa shape index (κ3) is 3.05. The summed E-state index contributed by atoms with van der Waals surface area (Å²) in [4.78, 5) is 42.0. The fourth-order valence-corrected chi connectivity index (χ4v) is 4.32. The van der Waals surface area contributed by atoms with Crippen LogP contribution in [0, 0.1) is 6.92 Å².